The Labute approximate surface area is 196 Å². The van der Waals surface area contributed by atoms with Gasteiger partial charge in [0.2, 0.25) is 15.9 Å². The van der Waals surface area contributed by atoms with Crippen molar-refractivity contribution in [2.75, 3.05) is 32.5 Å². The van der Waals surface area contributed by atoms with Crippen LogP contribution < -0.4 is 16.0 Å². The number of nitrogens with one attached hydrogen (secondary N) is 3. The summed E-state index contributed by atoms with van der Waals surface area (Å²) in [4.78, 5) is 23.6. The van der Waals surface area contributed by atoms with Gasteiger partial charge in [-0.2, -0.15) is 0 Å². The summed E-state index contributed by atoms with van der Waals surface area (Å²) in [6, 6.07) is 12.8. The van der Waals surface area contributed by atoms with E-state index in [9.17, 15) is 18.0 Å². The number of hydrogen-bond donors (Lipinski definition) is 3. The van der Waals surface area contributed by atoms with E-state index in [-0.39, 0.29) is 29.5 Å². The van der Waals surface area contributed by atoms with Crippen LogP contribution in [0.5, 0.6) is 0 Å². The fraction of sp³-hybridized carbons (Fsp3) is 0.417. The summed E-state index contributed by atoms with van der Waals surface area (Å²) in [7, 11) is -0.844. The van der Waals surface area contributed by atoms with E-state index < -0.39 is 15.9 Å². The first kappa shape index (κ1) is 26.3. The normalized spacial score (nSPS) is 11.5. The van der Waals surface area contributed by atoms with E-state index in [4.69, 9.17) is 0 Å². The molecule has 0 saturated heterocycles. The van der Waals surface area contributed by atoms with Crippen LogP contribution in [0, 0.1) is 5.92 Å². The van der Waals surface area contributed by atoms with Crippen molar-refractivity contribution in [3.8, 4) is 0 Å². The lowest BCUT2D eigenvalue weighted by Crippen LogP contribution is -2.33. The minimum absolute atomic E-state index is 0.0248. The molecule has 180 valence electrons. The van der Waals surface area contributed by atoms with Crippen LogP contribution in [0.15, 0.2) is 47.4 Å². The van der Waals surface area contributed by atoms with Crippen LogP contribution in [0.25, 0.3) is 0 Å². The first-order valence-electron chi connectivity index (χ1n) is 10.9. The molecule has 0 heterocycles. The first-order chi connectivity index (χ1) is 15.5. The Morgan fingerprint density at radius 1 is 0.939 bits per heavy atom. The van der Waals surface area contributed by atoms with Gasteiger partial charge in [0.05, 0.1) is 4.90 Å². The van der Waals surface area contributed by atoms with Crippen LogP contribution in [0.1, 0.15) is 42.3 Å². The maximum atomic E-state index is 12.7. The molecule has 0 aliphatic rings. The standard InChI is InChI=1S/C24H34N4O4S/c1-17(2)12-19-6-8-20(9-7-19)16-27-22-13-21(24(30)26-11-10-25-18(3)29)14-23(15-22)33(31,32)28(4)5/h6-9,13-15,17,27H,10-12,16H2,1-5H3,(H,25,29)(H,26,30). The SMILES string of the molecule is CC(=O)NCCNC(=O)c1cc(NCc2ccc(CC(C)C)cc2)cc(S(=O)(=O)N(C)C)c1. The third-order valence-electron chi connectivity index (χ3n) is 4.90. The molecule has 0 atom stereocenters. The fourth-order valence-corrected chi connectivity index (χ4v) is 4.15. The third-order valence-corrected chi connectivity index (χ3v) is 6.69. The Hall–Kier alpha value is -2.91. The van der Waals surface area contributed by atoms with Crippen molar-refractivity contribution in [2.24, 2.45) is 5.92 Å². The van der Waals surface area contributed by atoms with Crippen molar-refractivity contribution in [1.29, 1.82) is 0 Å². The van der Waals surface area contributed by atoms with Crippen LogP contribution >= 0.6 is 0 Å². The molecule has 0 spiro atoms. The highest BCUT2D eigenvalue weighted by atomic mass is 32.2. The van der Waals surface area contributed by atoms with Crippen LogP contribution in [-0.2, 0) is 27.8 Å². The topological polar surface area (TPSA) is 108 Å². The van der Waals surface area contributed by atoms with Crippen LogP contribution in [0.2, 0.25) is 0 Å². The van der Waals surface area contributed by atoms with Gasteiger partial charge in [-0.25, -0.2) is 12.7 Å². The minimum atomic E-state index is -3.74. The molecule has 0 saturated carbocycles. The summed E-state index contributed by atoms with van der Waals surface area (Å²) < 4.78 is 26.5. The number of hydrogen-bond acceptors (Lipinski definition) is 5. The number of anilines is 1. The second-order valence-electron chi connectivity index (χ2n) is 8.54. The van der Waals surface area contributed by atoms with E-state index in [0.717, 1.165) is 16.3 Å². The average Bonchev–Trinajstić information content (AvgIpc) is 2.75. The van der Waals surface area contributed by atoms with Gasteiger partial charge in [0, 0.05) is 51.9 Å². The van der Waals surface area contributed by atoms with E-state index in [2.05, 4.69) is 41.9 Å². The summed E-state index contributed by atoms with van der Waals surface area (Å²) >= 11 is 0. The zero-order chi connectivity index (χ0) is 24.6. The van der Waals surface area contributed by atoms with Gasteiger partial charge in [0.25, 0.3) is 5.91 Å². The number of sulfonamides is 1. The number of carbonyl (C=O) groups excluding carboxylic acids is 2. The van der Waals surface area contributed by atoms with E-state index in [1.54, 1.807) is 6.07 Å². The highest BCUT2D eigenvalue weighted by Crippen LogP contribution is 2.22. The molecule has 3 N–H and O–H groups in total. The maximum Gasteiger partial charge on any atom is 0.251 e. The van der Waals surface area contributed by atoms with Crippen molar-refractivity contribution in [2.45, 2.75) is 38.6 Å². The Morgan fingerprint density at radius 3 is 2.12 bits per heavy atom. The molecule has 0 bridgehead atoms. The van der Waals surface area contributed by atoms with Crippen molar-refractivity contribution in [3.63, 3.8) is 0 Å². The van der Waals surface area contributed by atoms with Gasteiger partial charge in [0.1, 0.15) is 0 Å². The summed E-state index contributed by atoms with van der Waals surface area (Å²) in [6.07, 6.45) is 1.01. The smallest absolute Gasteiger partial charge is 0.251 e. The maximum absolute atomic E-state index is 12.7. The third kappa shape index (κ3) is 8.18. The van der Waals surface area contributed by atoms with E-state index in [1.807, 2.05) is 12.1 Å². The number of rotatable bonds is 11. The molecule has 0 unspecified atom stereocenters. The van der Waals surface area contributed by atoms with Gasteiger partial charge in [-0.15, -0.1) is 0 Å². The largest absolute Gasteiger partial charge is 0.381 e. The van der Waals surface area contributed by atoms with Crippen molar-refractivity contribution >= 4 is 27.5 Å². The quantitative estimate of drug-likeness (QED) is 0.434. The van der Waals surface area contributed by atoms with Crippen LogP contribution in [0.3, 0.4) is 0 Å². The van der Waals surface area contributed by atoms with E-state index in [1.165, 1.54) is 38.7 Å². The summed E-state index contributed by atoms with van der Waals surface area (Å²) in [5, 5.41) is 8.52. The number of amides is 2. The molecule has 8 nitrogen and oxygen atoms in total. The molecule has 0 fully saturated rings. The predicted octanol–water partition coefficient (Wildman–Crippen LogP) is 2.61. The van der Waals surface area contributed by atoms with E-state index in [0.29, 0.717) is 18.2 Å². The Bertz CT molecular complexity index is 1060. The van der Waals surface area contributed by atoms with Gasteiger partial charge >= 0.3 is 0 Å². The van der Waals surface area contributed by atoms with Gasteiger partial charge in [-0.3, -0.25) is 9.59 Å². The Morgan fingerprint density at radius 2 is 1.55 bits per heavy atom. The molecule has 0 aromatic heterocycles. The number of nitrogens with zero attached hydrogens (tertiary/aromatic N) is 1. The molecule has 2 amide bonds. The lowest BCUT2D eigenvalue weighted by atomic mass is 10.0. The van der Waals surface area contributed by atoms with Crippen molar-refractivity contribution < 1.29 is 18.0 Å². The molecule has 0 aliphatic carbocycles. The first-order valence-corrected chi connectivity index (χ1v) is 12.3. The zero-order valence-corrected chi connectivity index (χ0v) is 20.8. The molecular formula is C24H34N4O4S. The molecular weight excluding hydrogens is 440 g/mol. The van der Waals surface area contributed by atoms with Crippen LogP contribution in [0.4, 0.5) is 5.69 Å². The van der Waals surface area contributed by atoms with Crippen molar-refractivity contribution in [3.05, 3.63) is 59.2 Å². The van der Waals surface area contributed by atoms with Gasteiger partial charge in [-0.1, -0.05) is 38.1 Å². The van der Waals surface area contributed by atoms with Crippen LogP contribution in [-0.4, -0.2) is 51.7 Å². The lowest BCUT2D eigenvalue weighted by Gasteiger charge is -2.16. The van der Waals surface area contributed by atoms with E-state index >= 15 is 0 Å². The molecule has 33 heavy (non-hydrogen) atoms. The predicted molar refractivity (Wildman–Crippen MR) is 131 cm³/mol. The Kier molecular flexibility index (Phi) is 9.43. The molecule has 2 rings (SSSR count). The molecule has 2 aromatic carbocycles. The molecule has 0 aliphatic heterocycles. The minimum Gasteiger partial charge on any atom is -0.381 e. The van der Waals surface area contributed by atoms with Gasteiger partial charge in [0.15, 0.2) is 0 Å². The highest BCUT2D eigenvalue weighted by Gasteiger charge is 2.20. The number of benzene rings is 2. The molecule has 2 aromatic rings. The van der Waals surface area contributed by atoms with Gasteiger partial charge < -0.3 is 16.0 Å². The highest BCUT2D eigenvalue weighted by molar-refractivity contribution is 7.89. The summed E-state index contributed by atoms with van der Waals surface area (Å²) in [5.74, 6) is -0.0255. The fourth-order valence-electron chi connectivity index (χ4n) is 3.18. The Balaban J connectivity index is 2.21. The van der Waals surface area contributed by atoms with Gasteiger partial charge in [-0.05, 0) is 41.7 Å². The molecule has 0 radical (unpaired) electrons. The average molecular weight is 475 g/mol. The second kappa shape index (κ2) is 11.8. The summed E-state index contributed by atoms with van der Waals surface area (Å²) in [6.45, 7) is 6.75. The second-order valence-corrected chi connectivity index (χ2v) is 10.7. The zero-order valence-electron chi connectivity index (χ0n) is 19.9. The van der Waals surface area contributed by atoms with Crippen molar-refractivity contribution in [1.82, 2.24) is 14.9 Å². The summed E-state index contributed by atoms with van der Waals surface area (Å²) in [5.41, 5.74) is 3.06. The number of carbonyl (C=O) groups is 2. The monoisotopic (exact) mass is 474 g/mol. The molecule has 9 heteroatoms. The lowest BCUT2D eigenvalue weighted by molar-refractivity contribution is -0.118.